The Balaban J connectivity index is 2.85. The highest BCUT2D eigenvalue weighted by Crippen LogP contribution is 2.06. The maximum atomic E-state index is 11.4. The van der Waals surface area contributed by atoms with Gasteiger partial charge in [0.25, 0.3) is 5.91 Å². The highest BCUT2D eigenvalue weighted by atomic mass is 16.5. The summed E-state index contributed by atoms with van der Waals surface area (Å²) in [7, 11) is 1.27. The van der Waals surface area contributed by atoms with Crippen LogP contribution in [-0.2, 0) is 9.53 Å². The number of carbonyl (C=O) groups excluding carboxylic acids is 3. The predicted octanol–water partition coefficient (Wildman–Crippen LogP) is 0.402. The number of carbonyl (C=O) groups is 3. The summed E-state index contributed by atoms with van der Waals surface area (Å²) in [5, 5.41) is 2.37. The van der Waals surface area contributed by atoms with Crippen LogP contribution < -0.4 is 5.32 Å². The number of hydrogen-bond donors (Lipinski definition) is 1. The molecule has 1 N–H and O–H groups in total. The van der Waals surface area contributed by atoms with Crippen LogP contribution in [0.2, 0.25) is 0 Å². The van der Waals surface area contributed by atoms with E-state index < -0.39 is 11.9 Å². The van der Waals surface area contributed by atoms with Crippen LogP contribution in [0.25, 0.3) is 0 Å². The minimum Gasteiger partial charge on any atom is -0.465 e. The summed E-state index contributed by atoms with van der Waals surface area (Å²) in [6, 6.07) is 6.07. The van der Waals surface area contributed by atoms with E-state index in [1.54, 1.807) is 18.2 Å². The standard InChI is InChI=1S/C11H11NO4/c1-16-11(15)9-4-2-3-8(7-9)10(14)12-5-6-13/h2-4,6-7H,5H2,1H3,(H,12,14). The largest absolute Gasteiger partial charge is 0.465 e. The first-order valence-corrected chi connectivity index (χ1v) is 4.59. The van der Waals surface area contributed by atoms with Gasteiger partial charge in [0.05, 0.1) is 19.2 Å². The van der Waals surface area contributed by atoms with E-state index in [2.05, 4.69) is 10.1 Å². The Labute approximate surface area is 92.4 Å². The highest BCUT2D eigenvalue weighted by Gasteiger charge is 2.09. The molecule has 0 atom stereocenters. The van der Waals surface area contributed by atoms with Crippen LogP contribution in [0, 0.1) is 0 Å². The molecule has 0 saturated carbocycles. The van der Waals surface area contributed by atoms with Crippen molar-refractivity contribution >= 4 is 18.2 Å². The SMILES string of the molecule is COC(=O)c1cccc(C(=O)NCC=O)c1. The lowest BCUT2D eigenvalue weighted by Crippen LogP contribution is -2.25. The van der Waals surface area contributed by atoms with E-state index >= 15 is 0 Å². The molecule has 16 heavy (non-hydrogen) atoms. The lowest BCUT2D eigenvalue weighted by Gasteiger charge is -2.03. The van der Waals surface area contributed by atoms with Gasteiger partial charge in [-0.25, -0.2) is 4.79 Å². The fraction of sp³-hybridized carbons (Fsp3) is 0.182. The molecule has 1 aromatic rings. The molecule has 0 heterocycles. The number of ether oxygens (including phenoxy) is 1. The van der Waals surface area contributed by atoms with E-state index in [1.165, 1.54) is 13.2 Å². The molecule has 0 radical (unpaired) electrons. The summed E-state index contributed by atoms with van der Waals surface area (Å²) in [5.41, 5.74) is 0.603. The Hall–Kier alpha value is -2.17. The molecule has 0 fully saturated rings. The molecule has 5 nitrogen and oxygen atoms in total. The summed E-state index contributed by atoms with van der Waals surface area (Å²) in [5.74, 6) is -0.914. The third kappa shape index (κ3) is 2.91. The fourth-order valence-electron chi connectivity index (χ4n) is 1.14. The van der Waals surface area contributed by atoms with Crippen LogP contribution in [0.4, 0.5) is 0 Å². The second-order valence-electron chi connectivity index (χ2n) is 2.95. The zero-order valence-electron chi connectivity index (χ0n) is 8.73. The molecule has 0 aliphatic heterocycles. The van der Waals surface area contributed by atoms with Crippen molar-refractivity contribution in [1.82, 2.24) is 5.32 Å². The Kier molecular flexibility index (Phi) is 4.20. The van der Waals surface area contributed by atoms with E-state index in [4.69, 9.17) is 0 Å². The number of methoxy groups -OCH3 is 1. The number of amides is 1. The normalized spacial score (nSPS) is 9.31. The lowest BCUT2D eigenvalue weighted by molar-refractivity contribution is -0.107. The fourth-order valence-corrected chi connectivity index (χ4v) is 1.14. The lowest BCUT2D eigenvalue weighted by atomic mass is 10.1. The van der Waals surface area contributed by atoms with Gasteiger partial charge >= 0.3 is 5.97 Å². The summed E-state index contributed by atoms with van der Waals surface area (Å²) in [6.07, 6.45) is 0.585. The first kappa shape index (κ1) is 11.9. The molecule has 0 aromatic heterocycles. The summed E-state index contributed by atoms with van der Waals surface area (Å²) >= 11 is 0. The Morgan fingerprint density at radius 2 is 2.06 bits per heavy atom. The van der Waals surface area contributed by atoms with Gasteiger partial charge in [0, 0.05) is 5.56 Å². The third-order valence-electron chi connectivity index (χ3n) is 1.89. The van der Waals surface area contributed by atoms with Gasteiger partial charge in [-0.05, 0) is 18.2 Å². The monoisotopic (exact) mass is 221 g/mol. The van der Waals surface area contributed by atoms with Gasteiger partial charge in [0.1, 0.15) is 6.29 Å². The number of aldehydes is 1. The van der Waals surface area contributed by atoms with Crippen LogP contribution in [0.1, 0.15) is 20.7 Å². The minimum absolute atomic E-state index is 0.0543. The molecular weight excluding hydrogens is 210 g/mol. The maximum Gasteiger partial charge on any atom is 0.337 e. The van der Waals surface area contributed by atoms with Gasteiger partial charge in [0.15, 0.2) is 0 Å². The molecule has 1 aromatic carbocycles. The van der Waals surface area contributed by atoms with Gasteiger partial charge in [-0.1, -0.05) is 6.07 Å². The molecule has 0 saturated heterocycles. The first-order valence-electron chi connectivity index (χ1n) is 4.59. The van der Waals surface area contributed by atoms with Gasteiger partial charge in [0.2, 0.25) is 0 Å². The number of benzene rings is 1. The van der Waals surface area contributed by atoms with Crippen molar-refractivity contribution in [3.8, 4) is 0 Å². The third-order valence-corrected chi connectivity index (χ3v) is 1.89. The van der Waals surface area contributed by atoms with Crippen LogP contribution in [0.3, 0.4) is 0 Å². The average Bonchev–Trinajstić information content (AvgIpc) is 2.35. The molecular formula is C11H11NO4. The van der Waals surface area contributed by atoms with Crippen molar-refractivity contribution in [3.05, 3.63) is 35.4 Å². The number of rotatable bonds is 4. The summed E-state index contributed by atoms with van der Waals surface area (Å²) < 4.78 is 4.53. The molecule has 0 aliphatic carbocycles. The first-order chi connectivity index (χ1) is 7.69. The van der Waals surface area contributed by atoms with Crippen molar-refractivity contribution < 1.29 is 19.1 Å². The topological polar surface area (TPSA) is 72.5 Å². The van der Waals surface area contributed by atoms with Gasteiger partial charge in [-0.15, -0.1) is 0 Å². The molecule has 0 aliphatic rings. The summed E-state index contributed by atoms with van der Waals surface area (Å²) in [4.78, 5) is 32.7. The summed E-state index contributed by atoms with van der Waals surface area (Å²) in [6.45, 7) is -0.0543. The van der Waals surface area contributed by atoms with Crippen LogP contribution in [0.5, 0.6) is 0 Å². The number of hydrogen-bond acceptors (Lipinski definition) is 4. The van der Waals surface area contributed by atoms with Crippen molar-refractivity contribution in [2.75, 3.05) is 13.7 Å². The zero-order valence-corrected chi connectivity index (χ0v) is 8.73. The molecule has 0 bridgehead atoms. The number of nitrogens with one attached hydrogen (secondary N) is 1. The van der Waals surface area contributed by atoms with Crippen LogP contribution in [-0.4, -0.2) is 31.8 Å². The van der Waals surface area contributed by atoms with Gasteiger partial charge in [-0.3, -0.25) is 4.79 Å². The highest BCUT2D eigenvalue weighted by molar-refractivity contribution is 5.98. The van der Waals surface area contributed by atoms with Gasteiger partial charge < -0.3 is 14.8 Å². The van der Waals surface area contributed by atoms with E-state index in [0.717, 1.165) is 0 Å². The second kappa shape index (κ2) is 5.65. The molecule has 5 heteroatoms. The smallest absolute Gasteiger partial charge is 0.337 e. The number of esters is 1. The van der Waals surface area contributed by atoms with Crippen LogP contribution >= 0.6 is 0 Å². The molecule has 0 unspecified atom stereocenters. The molecule has 1 amide bonds. The Bertz CT molecular complexity index is 414. The molecule has 0 spiro atoms. The van der Waals surface area contributed by atoms with Crippen molar-refractivity contribution in [2.45, 2.75) is 0 Å². The van der Waals surface area contributed by atoms with E-state index in [0.29, 0.717) is 17.4 Å². The second-order valence-corrected chi connectivity index (χ2v) is 2.95. The van der Waals surface area contributed by atoms with Crippen molar-refractivity contribution in [1.29, 1.82) is 0 Å². The Morgan fingerprint density at radius 1 is 1.38 bits per heavy atom. The van der Waals surface area contributed by atoms with Crippen molar-refractivity contribution in [2.24, 2.45) is 0 Å². The average molecular weight is 221 g/mol. The molecule has 1 rings (SSSR count). The van der Waals surface area contributed by atoms with E-state index in [9.17, 15) is 14.4 Å². The van der Waals surface area contributed by atoms with Crippen molar-refractivity contribution in [3.63, 3.8) is 0 Å². The van der Waals surface area contributed by atoms with E-state index in [1.807, 2.05) is 0 Å². The van der Waals surface area contributed by atoms with E-state index in [-0.39, 0.29) is 6.54 Å². The van der Waals surface area contributed by atoms with Gasteiger partial charge in [-0.2, -0.15) is 0 Å². The minimum atomic E-state index is -0.509. The molecule has 84 valence electrons. The maximum absolute atomic E-state index is 11.4. The predicted molar refractivity (Wildman–Crippen MR) is 56.2 cm³/mol. The Morgan fingerprint density at radius 3 is 2.69 bits per heavy atom. The quantitative estimate of drug-likeness (QED) is 0.590. The zero-order chi connectivity index (χ0) is 12.0. The van der Waals surface area contributed by atoms with Crippen LogP contribution in [0.15, 0.2) is 24.3 Å².